The van der Waals surface area contributed by atoms with Crippen LogP contribution in [0, 0.1) is 5.92 Å². The lowest BCUT2D eigenvalue weighted by Gasteiger charge is -2.32. The van der Waals surface area contributed by atoms with E-state index in [4.69, 9.17) is 9.84 Å². The molecule has 0 spiro atoms. The molecule has 7 nitrogen and oxygen atoms in total. The topological polar surface area (TPSA) is 104 Å². The van der Waals surface area contributed by atoms with Crippen LogP contribution in [0.15, 0.2) is 0 Å². The number of carboxylic acids is 2. The molecule has 1 amide bonds. The number of carboxylic acid groups (broad SMARTS) is 2. The number of ether oxygens (including phenoxy) is 1. The Hall–Kier alpha value is -1.63. The van der Waals surface area contributed by atoms with Gasteiger partial charge >= 0.3 is 11.9 Å². The van der Waals surface area contributed by atoms with Crippen LogP contribution >= 0.6 is 0 Å². The third-order valence-corrected chi connectivity index (χ3v) is 3.60. The monoisotopic (exact) mass is 301 g/mol. The van der Waals surface area contributed by atoms with Crippen molar-refractivity contribution >= 4 is 17.8 Å². The molecule has 3 atom stereocenters. The average Bonchev–Trinajstić information content (AvgIpc) is 2.95. The molecular formula is C14H23NO6. The Kier molecular flexibility index (Phi) is 6.61. The van der Waals surface area contributed by atoms with Crippen molar-refractivity contribution in [2.45, 2.75) is 51.7 Å². The molecule has 2 N–H and O–H groups in total. The second-order valence-corrected chi connectivity index (χ2v) is 5.37. The zero-order valence-corrected chi connectivity index (χ0v) is 12.4. The van der Waals surface area contributed by atoms with Crippen LogP contribution in [0.5, 0.6) is 0 Å². The zero-order chi connectivity index (χ0) is 16.0. The molecule has 21 heavy (non-hydrogen) atoms. The molecule has 1 aliphatic heterocycles. The summed E-state index contributed by atoms with van der Waals surface area (Å²) in [7, 11) is 0. The molecular weight excluding hydrogens is 278 g/mol. The number of hydrogen-bond acceptors (Lipinski definition) is 4. The molecule has 1 heterocycles. The molecule has 0 saturated carbocycles. The second kappa shape index (κ2) is 7.97. The molecule has 120 valence electrons. The molecule has 0 aromatic heterocycles. The van der Waals surface area contributed by atoms with Gasteiger partial charge in [-0.05, 0) is 19.3 Å². The summed E-state index contributed by atoms with van der Waals surface area (Å²) in [5.41, 5.74) is 0. The van der Waals surface area contributed by atoms with Crippen LogP contribution in [0.1, 0.15) is 39.5 Å². The highest BCUT2D eigenvalue weighted by molar-refractivity contribution is 5.87. The molecule has 0 aliphatic carbocycles. The van der Waals surface area contributed by atoms with Gasteiger partial charge in [-0.25, -0.2) is 4.79 Å². The smallest absolute Gasteiger partial charge is 0.326 e. The Labute approximate surface area is 123 Å². The van der Waals surface area contributed by atoms with E-state index < -0.39 is 35.9 Å². The summed E-state index contributed by atoms with van der Waals surface area (Å²) in [6, 6.07) is -1.01. The number of hydrogen-bond donors (Lipinski definition) is 2. The maximum Gasteiger partial charge on any atom is 0.326 e. The lowest BCUT2D eigenvalue weighted by Crippen LogP contribution is -2.51. The van der Waals surface area contributed by atoms with Crippen LogP contribution in [-0.2, 0) is 19.1 Å². The van der Waals surface area contributed by atoms with E-state index in [0.29, 0.717) is 25.9 Å². The summed E-state index contributed by atoms with van der Waals surface area (Å²) in [5.74, 6) is -3.41. The number of carbonyl (C=O) groups excluding carboxylic acids is 1. The van der Waals surface area contributed by atoms with E-state index in [-0.39, 0.29) is 6.54 Å². The Balaban J connectivity index is 2.93. The van der Waals surface area contributed by atoms with Crippen molar-refractivity contribution in [1.82, 2.24) is 4.90 Å². The van der Waals surface area contributed by atoms with Crippen molar-refractivity contribution in [1.29, 1.82) is 0 Å². The normalized spacial score (nSPS) is 20.8. The van der Waals surface area contributed by atoms with Crippen LogP contribution in [0.3, 0.4) is 0 Å². The van der Waals surface area contributed by atoms with E-state index in [1.165, 1.54) is 11.8 Å². The van der Waals surface area contributed by atoms with Crippen molar-refractivity contribution in [3.63, 3.8) is 0 Å². The SMILES string of the molecule is CCCC(C(=O)O)N(CC(C)C(=O)O)C(=O)C1CCCO1. The number of amides is 1. The van der Waals surface area contributed by atoms with Crippen molar-refractivity contribution in [3.8, 4) is 0 Å². The molecule has 0 aromatic rings. The molecule has 1 fully saturated rings. The van der Waals surface area contributed by atoms with Crippen LogP contribution in [0.2, 0.25) is 0 Å². The molecule has 1 saturated heterocycles. The van der Waals surface area contributed by atoms with E-state index in [1.54, 1.807) is 0 Å². The van der Waals surface area contributed by atoms with Crippen molar-refractivity contribution in [3.05, 3.63) is 0 Å². The first-order chi connectivity index (χ1) is 9.88. The second-order valence-electron chi connectivity index (χ2n) is 5.37. The molecule has 3 unspecified atom stereocenters. The van der Waals surface area contributed by atoms with Crippen LogP contribution < -0.4 is 0 Å². The molecule has 7 heteroatoms. The van der Waals surface area contributed by atoms with Crippen molar-refractivity contribution < 1.29 is 29.3 Å². The summed E-state index contributed by atoms with van der Waals surface area (Å²) in [5, 5.41) is 18.3. The first-order valence-corrected chi connectivity index (χ1v) is 7.26. The summed E-state index contributed by atoms with van der Waals surface area (Å²) < 4.78 is 5.31. The number of aliphatic carboxylic acids is 2. The van der Waals surface area contributed by atoms with Gasteiger partial charge in [0, 0.05) is 13.2 Å². The van der Waals surface area contributed by atoms with E-state index in [0.717, 1.165) is 6.42 Å². The Morgan fingerprint density at radius 2 is 1.95 bits per heavy atom. The third kappa shape index (κ3) is 4.70. The van der Waals surface area contributed by atoms with Gasteiger partial charge in [0.1, 0.15) is 12.1 Å². The van der Waals surface area contributed by atoms with E-state index >= 15 is 0 Å². The molecule has 1 aliphatic rings. The van der Waals surface area contributed by atoms with Gasteiger partial charge in [0.25, 0.3) is 5.91 Å². The predicted octanol–water partition coefficient (Wildman–Crippen LogP) is 0.968. The fourth-order valence-corrected chi connectivity index (χ4v) is 2.39. The number of rotatable bonds is 8. The summed E-state index contributed by atoms with van der Waals surface area (Å²) in [6.07, 6.45) is 1.54. The minimum atomic E-state index is -1.11. The highest BCUT2D eigenvalue weighted by Gasteiger charge is 2.36. The van der Waals surface area contributed by atoms with E-state index in [1.807, 2.05) is 6.92 Å². The highest BCUT2D eigenvalue weighted by atomic mass is 16.5. The third-order valence-electron chi connectivity index (χ3n) is 3.60. The summed E-state index contributed by atoms with van der Waals surface area (Å²) >= 11 is 0. The molecule has 0 aromatic carbocycles. The van der Waals surface area contributed by atoms with Gasteiger partial charge in [0.2, 0.25) is 0 Å². The molecule has 0 radical (unpaired) electrons. The Morgan fingerprint density at radius 3 is 2.38 bits per heavy atom. The fourth-order valence-electron chi connectivity index (χ4n) is 2.39. The highest BCUT2D eigenvalue weighted by Crippen LogP contribution is 2.19. The fraction of sp³-hybridized carbons (Fsp3) is 0.786. The van der Waals surface area contributed by atoms with Gasteiger partial charge < -0.3 is 19.8 Å². The molecule has 0 bridgehead atoms. The minimum absolute atomic E-state index is 0.120. The molecule has 1 rings (SSSR count). The maximum absolute atomic E-state index is 12.5. The van der Waals surface area contributed by atoms with Gasteiger partial charge in [0.05, 0.1) is 5.92 Å². The lowest BCUT2D eigenvalue weighted by atomic mass is 10.0. The van der Waals surface area contributed by atoms with Crippen molar-refractivity contribution in [2.75, 3.05) is 13.2 Å². The van der Waals surface area contributed by atoms with Gasteiger partial charge in [-0.3, -0.25) is 9.59 Å². The predicted molar refractivity (Wildman–Crippen MR) is 73.8 cm³/mol. The van der Waals surface area contributed by atoms with E-state index in [9.17, 15) is 19.5 Å². The van der Waals surface area contributed by atoms with Gasteiger partial charge in [0.15, 0.2) is 0 Å². The minimum Gasteiger partial charge on any atom is -0.481 e. The summed E-state index contributed by atoms with van der Waals surface area (Å²) in [6.45, 7) is 3.64. The number of carbonyl (C=O) groups is 3. The Morgan fingerprint density at radius 1 is 1.29 bits per heavy atom. The van der Waals surface area contributed by atoms with E-state index in [2.05, 4.69) is 0 Å². The van der Waals surface area contributed by atoms with Crippen LogP contribution in [0.25, 0.3) is 0 Å². The lowest BCUT2D eigenvalue weighted by molar-refractivity contribution is -0.157. The Bertz CT molecular complexity index is 391. The van der Waals surface area contributed by atoms with Crippen LogP contribution in [0.4, 0.5) is 0 Å². The summed E-state index contributed by atoms with van der Waals surface area (Å²) in [4.78, 5) is 36.1. The maximum atomic E-state index is 12.5. The first kappa shape index (κ1) is 17.4. The van der Waals surface area contributed by atoms with Gasteiger partial charge in [-0.15, -0.1) is 0 Å². The van der Waals surface area contributed by atoms with Crippen molar-refractivity contribution in [2.24, 2.45) is 5.92 Å². The zero-order valence-electron chi connectivity index (χ0n) is 12.4. The largest absolute Gasteiger partial charge is 0.481 e. The van der Waals surface area contributed by atoms with Gasteiger partial charge in [-0.1, -0.05) is 20.3 Å². The van der Waals surface area contributed by atoms with Crippen LogP contribution in [-0.4, -0.2) is 58.3 Å². The first-order valence-electron chi connectivity index (χ1n) is 7.26. The van der Waals surface area contributed by atoms with Gasteiger partial charge in [-0.2, -0.15) is 0 Å². The number of nitrogens with zero attached hydrogens (tertiary/aromatic N) is 1. The average molecular weight is 301 g/mol. The quantitative estimate of drug-likeness (QED) is 0.692. The standard InChI is InChI=1S/C14H23NO6/c1-3-5-10(14(19)20)15(8-9(2)13(17)18)12(16)11-6-4-7-21-11/h9-11H,3-8H2,1-2H3,(H,17,18)(H,19,20).